The number of pyridine rings is 1. The van der Waals surface area contributed by atoms with Crippen LogP contribution in [0.25, 0.3) is 21.8 Å². The number of unbranched alkanes of at least 4 members (excludes halogenated alkanes) is 2. The number of amides is 3. The molecule has 0 saturated heterocycles. The summed E-state index contributed by atoms with van der Waals surface area (Å²) in [4.78, 5) is 43.0. The van der Waals surface area contributed by atoms with Crippen molar-refractivity contribution in [2.45, 2.75) is 44.6 Å². The van der Waals surface area contributed by atoms with Gasteiger partial charge in [0.1, 0.15) is 17.0 Å². The Morgan fingerprint density at radius 3 is 2.37 bits per heavy atom. The number of thiol groups is 1. The molecule has 0 unspecified atom stereocenters. The Morgan fingerprint density at radius 1 is 0.887 bits per heavy atom. The lowest BCUT2D eigenvalue weighted by Gasteiger charge is -2.16. The number of aliphatic hydroxyl groups excluding tert-OH is 1. The molecule has 3 amide bonds. The van der Waals surface area contributed by atoms with Crippen LogP contribution in [-0.4, -0.2) is 69.5 Å². The number of hydrogen-bond donors (Lipinski definition) is 6. The molecule has 62 heavy (non-hydrogen) atoms. The lowest BCUT2D eigenvalue weighted by molar-refractivity contribution is -0.131. The number of aryl methyl sites for hydroxylation is 1. The van der Waals surface area contributed by atoms with Crippen LogP contribution in [0, 0.1) is 17.0 Å². The number of para-hydroxylation sites is 1. The molecule has 0 spiro atoms. The second-order valence-corrected chi connectivity index (χ2v) is 16.2. The Kier molecular flexibility index (Phi) is 13.8. The molecule has 1 atom stereocenters. The number of hydrogen-bond acceptors (Lipinski definition) is 8. The molecule has 2 aromatic heterocycles. The fourth-order valence-electron chi connectivity index (χ4n) is 7.04. The van der Waals surface area contributed by atoms with Crippen molar-refractivity contribution in [2.24, 2.45) is 18.2 Å². The molecule has 1 aliphatic carbocycles. The molecule has 4 aromatic carbocycles. The number of nitrogens with zero attached hydrogens (tertiary/aromatic N) is 2. The number of aliphatic hydroxyl groups is 1. The van der Waals surface area contributed by atoms with Crippen molar-refractivity contribution in [3.05, 3.63) is 115 Å². The monoisotopic (exact) mass is 866 g/mol. The minimum absolute atomic E-state index is 0.0787. The van der Waals surface area contributed by atoms with E-state index in [4.69, 9.17) is 19.9 Å². The molecule has 2 heterocycles. The topological polar surface area (TPSA) is 179 Å². The molecular weight excluding hydrogens is 819 g/mol. The number of nitrogens with two attached hydrogens (primary N) is 1. The number of anilines is 2. The van der Waals surface area contributed by atoms with Crippen molar-refractivity contribution in [1.29, 1.82) is 0 Å². The van der Waals surface area contributed by atoms with E-state index in [9.17, 15) is 23.9 Å². The zero-order valence-electron chi connectivity index (χ0n) is 34.3. The molecular formula is C46H48F2N6O7S. The van der Waals surface area contributed by atoms with E-state index in [2.05, 4.69) is 20.9 Å². The zero-order valence-corrected chi connectivity index (χ0v) is 35.1. The first-order valence-corrected chi connectivity index (χ1v) is 21.3. The van der Waals surface area contributed by atoms with Gasteiger partial charge in [0, 0.05) is 65.8 Å². The fraction of sp³-hybridized carbons (Fsp3) is 0.283. The molecule has 7 rings (SSSR count). The van der Waals surface area contributed by atoms with E-state index >= 15 is 4.39 Å². The average molecular weight is 867 g/mol. The molecule has 6 aromatic rings. The van der Waals surface area contributed by atoms with Crippen molar-refractivity contribution in [2.75, 3.05) is 36.6 Å². The first kappa shape index (κ1) is 43.7. The van der Waals surface area contributed by atoms with E-state index in [1.165, 1.54) is 49.7 Å². The van der Waals surface area contributed by atoms with Gasteiger partial charge in [0.25, 0.3) is 0 Å². The molecule has 13 nitrogen and oxygen atoms in total. The quantitative estimate of drug-likeness (QED) is 0.0208. The van der Waals surface area contributed by atoms with E-state index in [1.807, 2.05) is 42.1 Å². The van der Waals surface area contributed by atoms with E-state index in [0.717, 1.165) is 35.4 Å². The van der Waals surface area contributed by atoms with E-state index in [-0.39, 0.29) is 28.1 Å². The summed E-state index contributed by atoms with van der Waals surface area (Å²) >= 11 is 0.477. The third-order valence-corrected chi connectivity index (χ3v) is 11.8. The summed E-state index contributed by atoms with van der Waals surface area (Å²) in [5.41, 5.74) is 8.14. The third-order valence-electron chi connectivity index (χ3n) is 10.7. The van der Waals surface area contributed by atoms with Crippen LogP contribution in [0.4, 0.5) is 20.2 Å². The predicted molar refractivity (Wildman–Crippen MR) is 239 cm³/mol. The Morgan fingerprint density at radius 2 is 1.63 bits per heavy atom. The summed E-state index contributed by atoms with van der Waals surface area (Å²) in [6.07, 6.45) is 6.90. The lowest BCUT2D eigenvalue weighted by atomic mass is 10.0. The number of methoxy groups -OCH3 is 1. The van der Waals surface area contributed by atoms with Crippen molar-refractivity contribution in [3.63, 3.8) is 0 Å². The van der Waals surface area contributed by atoms with Gasteiger partial charge in [-0.3, -0.25) is 19.4 Å². The van der Waals surface area contributed by atoms with Gasteiger partial charge in [0.05, 0.1) is 36.1 Å². The second kappa shape index (κ2) is 19.6. The van der Waals surface area contributed by atoms with Crippen LogP contribution >= 0.6 is 11.4 Å². The highest BCUT2D eigenvalue weighted by Crippen LogP contribution is 2.48. The molecule has 16 heteroatoms. The minimum atomic E-state index is -1.31. The Balaban J connectivity index is 0.855. The molecule has 0 bridgehead atoms. The first-order valence-electron chi connectivity index (χ1n) is 20.2. The number of halogens is 2. The highest BCUT2D eigenvalue weighted by molar-refractivity contribution is 7.99. The van der Waals surface area contributed by atoms with E-state index < -0.39 is 34.9 Å². The van der Waals surface area contributed by atoms with Gasteiger partial charge in [-0.1, -0.05) is 18.2 Å². The SMILES string of the molecule is COc1cc2c(Oc3ccc(NC(=O)C4(C(=O)Nc5ccc(F)cc5)CC4)cc3F)ccnc2cc1OCCCCCNC(=O)C[SH]=C(O)[C@H](N)Cc1cn(C)c2ccccc12. The maximum absolute atomic E-state index is 15.4. The minimum Gasteiger partial charge on any atom is -0.493 e. The highest BCUT2D eigenvalue weighted by atomic mass is 32.1. The van der Waals surface area contributed by atoms with Crippen LogP contribution in [0.5, 0.6) is 23.0 Å². The number of ether oxygens (including phenoxy) is 3. The van der Waals surface area contributed by atoms with Gasteiger partial charge in [-0.25, -0.2) is 8.78 Å². The molecule has 1 fully saturated rings. The van der Waals surface area contributed by atoms with Crippen molar-refractivity contribution in [1.82, 2.24) is 14.9 Å². The zero-order chi connectivity index (χ0) is 43.8. The summed E-state index contributed by atoms with van der Waals surface area (Å²) in [5.74, 6) is -1.23. The van der Waals surface area contributed by atoms with Gasteiger partial charge in [0.2, 0.25) is 17.7 Å². The number of aromatic nitrogens is 2. The second-order valence-electron chi connectivity index (χ2n) is 15.1. The Bertz CT molecular complexity index is 2630. The number of nitrogens with one attached hydrogen (secondary N) is 3. The van der Waals surface area contributed by atoms with Crippen molar-refractivity contribution < 1.29 is 42.5 Å². The van der Waals surface area contributed by atoms with Crippen molar-refractivity contribution >= 4 is 67.3 Å². The van der Waals surface area contributed by atoms with Crippen LogP contribution in [-0.2, 0) is 27.9 Å². The van der Waals surface area contributed by atoms with Gasteiger partial charge in [-0.05, 0) is 98.7 Å². The normalized spacial score (nSPS) is 13.8. The maximum Gasteiger partial charge on any atom is 0.240 e. The Hall–Kier alpha value is -6.36. The summed E-state index contributed by atoms with van der Waals surface area (Å²) in [5, 5.41) is 20.5. The van der Waals surface area contributed by atoms with E-state index in [1.54, 1.807) is 18.2 Å². The van der Waals surface area contributed by atoms with Gasteiger partial charge < -0.3 is 45.6 Å². The van der Waals surface area contributed by atoms with Crippen molar-refractivity contribution in [3.8, 4) is 23.0 Å². The lowest BCUT2D eigenvalue weighted by Crippen LogP contribution is -2.35. The predicted octanol–water partition coefficient (Wildman–Crippen LogP) is 7.55. The maximum atomic E-state index is 15.4. The summed E-state index contributed by atoms with van der Waals surface area (Å²) in [7, 11) is 3.48. The molecule has 1 saturated carbocycles. The smallest absolute Gasteiger partial charge is 0.240 e. The fourth-order valence-corrected chi connectivity index (χ4v) is 7.79. The summed E-state index contributed by atoms with van der Waals surface area (Å²) < 4.78 is 48.3. The van der Waals surface area contributed by atoms with Gasteiger partial charge >= 0.3 is 0 Å². The van der Waals surface area contributed by atoms with Crippen LogP contribution in [0.15, 0.2) is 97.3 Å². The van der Waals surface area contributed by atoms with Crippen LogP contribution < -0.4 is 35.9 Å². The standard InChI is InChI=1S/C46H48F2N6O7S/c1-54-26-28(32-8-4-5-9-37(32)54)22-35(49)43(56)62-27-42(55)51-19-6-3-7-21-60-41-25-36-33(24-40(41)59-2)38(16-20-50-36)61-39-15-14-31(23-34(39)48)53-45(58)46(17-18-46)44(57)52-30-12-10-29(47)11-13-30/h4-5,8-16,20,23-26,35,56,62H,3,6-7,17-19,21-22,27,49H2,1-2H3,(H,51,55)(H,52,57)(H,53,58)/t35-/m1/s1. The third kappa shape index (κ3) is 10.4. The molecule has 1 aliphatic rings. The largest absolute Gasteiger partial charge is 0.493 e. The summed E-state index contributed by atoms with van der Waals surface area (Å²) in [6, 6.07) is 21.7. The van der Waals surface area contributed by atoms with Gasteiger partial charge in [0.15, 0.2) is 23.1 Å². The molecule has 324 valence electrons. The van der Waals surface area contributed by atoms with Crippen LogP contribution in [0.2, 0.25) is 0 Å². The molecule has 0 radical (unpaired) electrons. The van der Waals surface area contributed by atoms with Crippen LogP contribution in [0.3, 0.4) is 0 Å². The molecule has 0 aliphatic heterocycles. The average Bonchev–Trinajstić information content (AvgIpc) is 4.03. The number of benzene rings is 4. The van der Waals surface area contributed by atoms with E-state index in [0.29, 0.717) is 84.0 Å². The van der Waals surface area contributed by atoms with Crippen LogP contribution in [0.1, 0.15) is 37.7 Å². The Labute approximate surface area is 360 Å². The number of fused-ring (bicyclic) bond motifs is 2. The molecule has 6 N–H and O–H groups in total. The number of carbonyl (C=O) groups is 3. The van der Waals surface area contributed by atoms with Gasteiger partial charge in [-0.2, -0.15) is 11.4 Å². The van der Waals surface area contributed by atoms with Gasteiger partial charge in [-0.15, -0.1) is 0 Å². The number of rotatable bonds is 19. The highest BCUT2D eigenvalue weighted by Gasteiger charge is 2.56. The summed E-state index contributed by atoms with van der Waals surface area (Å²) in [6.45, 7) is 0.872. The number of carbonyl (C=O) groups excluding carboxylic acids is 3. The first-order chi connectivity index (χ1) is 29.9.